The van der Waals surface area contributed by atoms with E-state index in [0.29, 0.717) is 12.3 Å². The maximum absolute atomic E-state index is 12.1. The van der Waals surface area contributed by atoms with Crippen LogP contribution in [0.1, 0.15) is 33.0 Å². The minimum absolute atomic E-state index is 0.206. The molecule has 5 heteroatoms. The molecule has 0 aliphatic heterocycles. The Balaban J connectivity index is 1.62. The fourth-order valence-corrected chi connectivity index (χ4v) is 2.30. The van der Waals surface area contributed by atoms with Gasteiger partial charge in [-0.05, 0) is 43.2 Å². The molecule has 0 amide bonds. The fourth-order valence-electron chi connectivity index (χ4n) is 2.30. The van der Waals surface area contributed by atoms with Crippen LogP contribution in [0.3, 0.4) is 0 Å². The van der Waals surface area contributed by atoms with Gasteiger partial charge in [-0.2, -0.15) is 5.10 Å². The SMILES string of the molecule is Cc1ccc(C)c(COC(=O)c2ccc(Cn3cccn3)o2)c1. The Morgan fingerprint density at radius 2 is 2.13 bits per heavy atom. The van der Waals surface area contributed by atoms with Crippen molar-refractivity contribution >= 4 is 5.97 Å². The van der Waals surface area contributed by atoms with Gasteiger partial charge in [0.05, 0.1) is 6.54 Å². The summed E-state index contributed by atoms with van der Waals surface area (Å²) in [6.07, 6.45) is 3.53. The van der Waals surface area contributed by atoms with E-state index >= 15 is 0 Å². The quantitative estimate of drug-likeness (QED) is 0.677. The summed E-state index contributed by atoms with van der Waals surface area (Å²) in [6, 6.07) is 11.3. The van der Waals surface area contributed by atoms with Gasteiger partial charge in [-0.3, -0.25) is 4.68 Å². The number of rotatable bonds is 5. The van der Waals surface area contributed by atoms with Crippen molar-refractivity contribution in [2.24, 2.45) is 0 Å². The number of furan rings is 1. The van der Waals surface area contributed by atoms with Crippen LogP contribution >= 0.6 is 0 Å². The molecule has 0 unspecified atom stereocenters. The van der Waals surface area contributed by atoms with Crippen LogP contribution < -0.4 is 0 Å². The van der Waals surface area contributed by atoms with Gasteiger partial charge >= 0.3 is 5.97 Å². The zero-order chi connectivity index (χ0) is 16.2. The van der Waals surface area contributed by atoms with E-state index in [2.05, 4.69) is 5.10 Å². The number of benzene rings is 1. The first-order valence-electron chi connectivity index (χ1n) is 7.41. The van der Waals surface area contributed by atoms with Crippen molar-refractivity contribution in [3.8, 4) is 0 Å². The third kappa shape index (κ3) is 3.69. The molecular formula is C18H18N2O3. The Kier molecular flexibility index (Phi) is 4.28. The van der Waals surface area contributed by atoms with Crippen molar-refractivity contribution in [2.75, 3.05) is 0 Å². The molecule has 0 aliphatic carbocycles. The second-order valence-electron chi connectivity index (χ2n) is 5.48. The van der Waals surface area contributed by atoms with Gasteiger partial charge in [-0.25, -0.2) is 4.79 Å². The number of carbonyl (C=O) groups is 1. The summed E-state index contributed by atoms with van der Waals surface area (Å²) >= 11 is 0. The summed E-state index contributed by atoms with van der Waals surface area (Å²) in [6.45, 7) is 4.73. The molecule has 0 bridgehead atoms. The summed E-state index contributed by atoms with van der Waals surface area (Å²) in [5, 5.41) is 4.10. The first-order valence-corrected chi connectivity index (χ1v) is 7.41. The molecule has 0 N–H and O–H groups in total. The molecule has 3 rings (SSSR count). The second-order valence-corrected chi connectivity index (χ2v) is 5.48. The number of carbonyl (C=O) groups excluding carboxylic acids is 1. The van der Waals surface area contributed by atoms with Gasteiger partial charge in [0.1, 0.15) is 12.4 Å². The lowest BCUT2D eigenvalue weighted by Gasteiger charge is -2.07. The van der Waals surface area contributed by atoms with Gasteiger partial charge in [0.2, 0.25) is 5.76 Å². The Hall–Kier alpha value is -2.82. The van der Waals surface area contributed by atoms with E-state index in [-0.39, 0.29) is 12.4 Å². The highest BCUT2D eigenvalue weighted by Gasteiger charge is 2.14. The van der Waals surface area contributed by atoms with Gasteiger partial charge in [-0.1, -0.05) is 23.8 Å². The van der Waals surface area contributed by atoms with Gasteiger partial charge in [0.25, 0.3) is 0 Å². The predicted octanol–water partition coefficient (Wildman–Crippen LogP) is 3.50. The summed E-state index contributed by atoms with van der Waals surface area (Å²) in [7, 11) is 0. The highest BCUT2D eigenvalue weighted by molar-refractivity contribution is 5.86. The Labute approximate surface area is 134 Å². The van der Waals surface area contributed by atoms with Crippen LogP contribution in [-0.2, 0) is 17.9 Å². The van der Waals surface area contributed by atoms with E-state index < -0.39 is 5.97 Å². The average molecular weight is 310 g/mol. The minimum atomic E-state index is -0.461. The molecule has 5 nitrogen and oxygen atoms in total. The molecule has 0 radical (unpaired) electrons. The van der Waals surface area contributed by atoms with Gasteiger partial charge in [0.15, 0.2) is 0 Å². The number of aryl methyl sites for hydroxylation is 2. The van der Waals surface area contributed by atoms with Gasteiger partial charge in [-0.15, -0.1) is 0 Å². The van der Waals surface area contributed by atoms with Crippen LogP contribution in [-0.4, -0.2) is 15.7 Å². The van der Waals surface area contributed by atoms with E-state index in [4.69, 9.17) is 9.15 Å². The predicted molar refractivity (Wildman–Crippen MR) is 85.1 cm³/mol. The zero-order valence-corrected chi connectivity index (χ0v) is 13.2. The lowest BCUT2D eigenvalue weighted by atomic mass is 10.1. The molecule has 3 aromatic rings. The minimum Gasteiger partial charge on any atom is -0.455 e. The molecule has 2 aromatic heterocycles. The van der Waals surface area contributed by atoms with Crippen molar-refractivity contribution < 1.29 is 13.9 Å². The third-order valence-corrected chi connectivity index (χ3v) is 3.60. The number of ether oxygens (including phenoxy) is 1. The summed E-state index contributed by atoms with van der Waals surface area (Å²) in [4.78, 5) is 12.1. The molecule has 0 spiro atoms. The van der Waals surface area contributed by atoms with Crippen molar-refractivity contribution in [1.29, 1.82) is 0 Å². The molecule has 0 saturated carbocycles. The van der Waals surface area contributed by atoms with E-state index in [1.807, 2.05) is 44.3 Å². The highest BCUT2D eigenvalue weighted by atomic mass is 16.5. The number of hydrogen-bond donors (Lipinski definition) is 0. The van der Waals surface area contributed by atoms with Crippen LogP contribution in [0.25, 0.3) is 0 Å². The van der Waals surface area contributed by atoms with E-state index in [0.717, 1.165) is 16.7 Å². The van der Waals surface area contributed by atoms with E-state index in [1.165, 1.54) is 0 Å². The Morgan fingerprint density at radius 1 is 1.26 bits per heavy atom. The lowest BCUT2D eigenvalue weighted by molar-refractivity contribution is 0.0433. The maximum atomic E-state index is 12.1. The molecule has 2 heterocycles. The average Bonchev–Trinajstić information content (AvgIpc) is 3.20. The number of esters is 1. The standard InChI is InChI=1S/C18H18N2O3/c1-13-4-5-14(2)15(10-13)12-22-18(21)17-7-6-16(23-17)11-20-9-3-8-19-20/h3-10H,11-12H2,1-2H3. The first-order chi connectivity index (χ1) is 11.1. The molecule has 118 valence electrons. The van der Waals surface area contributed by atoms with Crippen molar-refractivity contribution in [1.82, 2.24) is 9.78 Å². The fraction of sp³-hybridized carbons (Fsp3) is 0.222. The number of hydrogen-bond acceptors (Lipinski definition) is 4. The highest BCUT2D eigenvalue weighted by Crippen LogP contribution is 2.15. The molecule has 1 aromatic carbocycles. The molecular weight excluding hydrogens is 292 g/mol. The summed E-state index contributed by atoms with van der Waals surface area (Å²) < 4.78 is 12.6. The molecule has 23 heavy (non-hydrogen) atoms. The summed E-state index contributed by atoms with van der Waals surface area (Å²) in [5.41, 5.74) is 3.24. The Bertz CT molecular complexity index is 804. The zero-order valence-electron chi connectivity index (χ0n) is 13.2. The van der Waals surface area contributed by atoms with Crippen LogP contribution in [0.2, 0.25) is 0 Å². The summed E-state index contributed by atoms with van der Waals surface area (Å²) in [5.74, 6) is 0.405. The number of nitrogens with zero attached hydrogens (tertiary/aromatic N) is 2. The smallest absolute Gasteiger partial charge is 0.374 e. The normalized spacial score (nSPS) is 10.7. The molecule has 0 aliphatic rings. The third-order valence-electron chi connectivity index (χ3n) is 3.60. The van der Waals surface area contributed by atoms with Crippen LogP contribution in [0.15, 0.2) is 53.2 Å². The Morgan fingerprint density at radius 3 is 2.91 bits per heavy atom. The molecule has 0 atom stereocenters. The lowest BCUT2D eigenvalue weighted by Crippen LogP contribution is -2.05. The van der Waals surface area contributed by atoms with E-state index in [9.17, 15) is 4.79 Å². The van der Waals surface area contributed by atoms with Crippen LogP contribution in [0, 0.1) is 13.8 Å². The van der Waals surface area contributed by atoms with Crippen molar-refractivity contribution in [2.45, 2.75) is 27.0 Å². The second kappa shape index (κ2) is 6.52. The topological polar surface area (TPSA) is 57.3 Å². The number of aromatic nitrogens is 2. The largest absolute Gasteiger partial charge is 0.455 e. The maximum Gasteiger partial charge on any atom is 0.374 e. The van der Waals surface area contributed by atoms with Gasteiger partial charge < -0.3 is 9.15 Å². The van der Waals surface area contributed by atoms with Gasteiger partial charge in [0, 0.05) is 12.4 Å². The molecule has 0 fully saturated rings. The van der Waals surface area contributed by atoms with Crippen LogP contribution in [0.5, 0.6) is 0 Å². The van der Waals surface area contributed by atoms with Crippen LogP contribution in [0.4, 0.5) is 0 Å². The van der Waals surface area contributed by atoms with E-state index in [1.54, 1.807) is 23.0 Å². The van der Waals surface area contributed by atoms with Crippen molar-refractivity contribution in [3.05, 3.63) is 77.0 Å². The first kappa shape index (κ1) is 15.1. The van der Waals surface area contributed by atoms with Crippen molar-refractivity contribution in [3.63, 3.8) is 0 Å². The monoisotopic (exact) mass is 310 g/mol. The molecule has 0 saturated heterocycles.